The van der Waals surface area contributed by atoms with E-state index in [0.717, 1.165) is 47.2 Å². The first kappa shape index (κ1) is 17.0. The number of hydrogen-bond acceptors (Lipinski definition) is 5. The molecule has 0 fully saturated rings. The fraction of sp³-hybridized carbons (Fsp3) is 0.368. The molecule has 4 nitrogen and oxygen atoms in total. The molecule has 1 heterocycles. The summed E-state index contributed by atoms with van der Waals surface area (Å²) in [7, 11) is 0. The number of anilines is 1. The topological polar surface area (TPSA) is 55.7 Å². The SMILES string of the molecule is CCN(CC)CCNc1cccc2c1Cc1cc(O)cc(O)c1S2. The molecule has 0 aliphatic carbocycles. The number of rotatable bonds is 6. The molecule has 0 saturated heterocycles. The van der Waals surface area contributed by atoms with Crippen LogP contribution >= 0.6 is 11.8 Å². The van der Waals surface area contributed by atoms with E-state index in [1.165, 1.54) is 11.6 Å². The van der Waals surface area contributed by atoms with Gasteiger partial charge in [-0.05, 0) is 42.4 Å². The molecular formula is C19H24N2O2S. The van der Waals surface area contributed by atoms with Crippen LogP contribution in [0.5, 0.6) is 11.5 Å². The molecule has 3 N–H and O–H groups in total. The van der Waals surface area contributed by atoms with E-state index in [4.69, 9.17) is 0 Å². The van der Waals surface area contributed by atoms with Gasteiger partial charge in [-0.2, -0.15) is 0 Å². The van der Waals surface area contributed by atoms with Crippen LogP contribution < -0.4 is 5.32 Å². The van der Waals surface area contributed by atoms with Gasteiger partial charge in [0.05, 0.1) is 4.90 Å². The van der Waals surface area contributed by atoms with Gasteiger partial charge in [-0.25, -0.2) is 0 Å². The first-order valence-corrected chi connectivity index (χ1v) is 9.24. The zero-order valence-electron chi connectivity index (χ0n) is 14.2. The second kappa shape index (κ2) is 7.36. The maximum atomic E-state index is 10.1. The predicted octanol–water partition coefficient (Wildman–Crippen LogP) is 3.91. The molecule has 2 aromatic carbocycles. The summed E-state index contributed by atoms with van der Waals surface area (Å²) in [5, 5.41) is 23.4. The Morgan fingerprint density at radius 1 is 1.17 bits per heavy atom. The third-order valence-corrected chi connectivity index (χ3v) is 5.76. The van der Waals surface area contributed by atoms with E-state index < -0.39 is 0 Å². The highest BCUT2D eigenvalue weighted by molar-refractivity contribution is 7.99. The van der Waals surface area contributed by atoms with Crippen molar-refractivity contribution in [3.8, 4) is 11.5 Å². The van der Waals surface area contributed by atoms with Gasteiger partial charge >= 0.3 is 0 Å². The molecule has 0 amide bonds. The number of fused-ring (bicyclic) bond motifs is 2. The zero-order valence-corrected chi connectivity index (χ0v) is 15.0. The Hall–Kier alpha value is -1.85. The molecule has 128 valence electrons. The van der Waals surface area contributed by atoms with E-state index in [2.05, 4.69) is 36.2 Å². The van der Waals surface area contributed by atoms with Gasteiger partial charge in [0.25, 0.3) is 0 Å². The largest absolute Gasteiger partial charge is 0.508 e. The van der Waals surface area contributed by atoms with Gasteiger partial charge in [0.2, 0.25) is 0 Å². The van der Waals surface area contributed by atoms with Crippen molar-refractivity contribution in [2.24, 2.45) is 0 Å². The molecule has 24 heavy (non-hydrogen) atoms. The lowest BCUT2D eigenvalue weighted by Crippen LogP contribution is -2.28. The highest BCUT2D eigenvalue weighted by Crippen LogP contribution is 2.47. The second-order valence-electron chi connectivity index (χ2n) is 5.97. The highest BCUT2D eigenvalue weighted by Gasteiger charge is 2.22. The van der Waals surface area contributed by atoms with E-state index >= 15 is 0 Å². The van der Waals surface area contributed by atoms with Crippen molar-refractivity contribution in [3.63, 3.8) is 0 Å². The Morgan fingerprint density at radius 3 is 2.71 bits per heavy atom. The fourth-order valence-electron chi connectivity index (χ4n) is 3.10. The standard InChI is InChI=1S/C19H24N2O2S/c1-3-21(4-2)9-8-20-16-6-5-7-18-15(16)11-13-10-14(22)12-17(23)19(13)24-18/h5-7,10,12,20,22-23H,3-4,8-9,11H2,1-2H3. The van der Waals surface area contributed by atoms with E-state index in [-0.39, 0.29) is 11.5 Å². The summed E-state index contributed by atoms with van der Waals surface area (Å²) in [5.41, 5.74) is 3.35. The molecule has 1 aliphatic rings. The lowest BCUT2D eigenvalue weighted by molar-refractivity contribution is 0.316. The van der Waals surface area contributed by atoms with Crippen LogP contribution in [-0.2, 0) is 6.42 Å². The van der Waals surface area contributed by atoms with Crippen LogP contribution in [0.25, 0.3) is 0 Å². The number of nitrogens with one attached hydrogen (secondary N) is 1. The zero-order chi connectivity index (χ0) is 17.1. The van der Waals surface area contributed by atoms with Crippen molar-refractivity contribution in [1.82, 2.24) is 4.90 Å². The Labute approximate surface area is 147 Å². The number of likely N-dealkylation sites (N-methyl/N-ethyl adjacent to an activating group) is 1. The lowest BCUT2D eigenvalue weighted by Gasteiger charge is -2.24. The molecule has 3 rings (SSSR count). The summed E-state index contributed by atoms with van der Waals surface area (Å²) >= 11 is 1.57. The third kappa shape index (κ3) is 3.47. The molecule has 0 unspecified atom stereocenters. The lowest BCUT2D eigenvalue weighted by atomic mass is 10.0. The summed E-state index contributed by atoms with van der Waals surface area (Å²) < 4.78 is 0. The van der Waals surface area contributed by atoms with Crippen LogP contribution in [0, 0.1) is 0 Å². The van der Waals surface area contributed by atoms with E-state index in [1.807, 2.05) is 6.07 Å². The van der Waals surface area contributed by atoms with Crippen LogP contribution in [0.1, 0.15) is 25.0 Å². The molecule has 2 aromatic rings. The molecule has 0 aromatic heterocycles. The van der Waals surface area contributed by atoms with Gasteiger partial charge in [0, 0.05) is 36.2 Å². The van der Waals surface area contributed by atoms with E-state index in [9.17, 15) is 10.2 Å². The Balaban J connectivity index is 1.79. The van der Waals surface area contributed by atoms with Crippen molar-refractivity contribution in [3.05, 3.63) is 41.5 Å². The maximum Gasteiger partial charge on any atom is 0.133 e. The van der Waals surface area contributed by atoms with Crippen molar-refractivity contribution in [1.29, 1.82) is 0 Å². The fourth-order valence-corrected chi connectivity index (χ4v) is 4.20. The van der Waals surface area contributed by atoms with Gasteiger partial charge in [-0.15, -0.1) is 0 Å². The van der Waals surface area contributed by atoms with Crippen molar-refractivity contribution < 1.29 is 10.2 Å². The van der Waals surface area contributed by atoms with Crippen LogP contribution in [0.4, 0.5) is 5.69 Å². The van der Waals surface area contributed by atoms with Gasteiger partial charge in [-0.1, -0.05) is 31.7 Å². The molecule has 5 heteroatoms. The van der Waals surface area contributed by atoms with Crippen LogP contribution in [0.2, 0.25) is 0 Å². The van der Waals surface area contributed by atoms with E-state index in [1.54, 1.807) is 17.8 Å². The number of hydrogen-bond donors (Lipinski definition) is 3. The van der Waals surface area contributed by atoms with Crippen molar-refractivity contribution in [2.75, 3.05) is 31.5 Å². The second-order valence-corrected chi connectivity index (χ2v) is 7.02. The number of phenolic OH excluding ortho intramolecular Hbond substituents is 2. The molecule has 0 radical (unpaired) electrons. The molecule has 0 spiro atoms. The smallest absolute Gasteiger partial charge is 0.133 e. The average Bonchev–Trinajstić information content (AvgIpc) is 2.57. The number of benzene rings is 2. The van der Waals surface area contributed by atoms with Gasteiger partial charge < -0.3 is 20.4 Å². The Kier molecular flexibility index (Phi) is 5.21. The number of aromatic hydroxyl groups is 2. The summed E-state index contributed by atoms with van der Waals surface area (Å²) in [4.78, 5) is 4.40. The quantitative estimate of drug-likeness (QED) is 0.633. The molecular weight excluding hydrogens is 320 g/mol. The minimum atomic E-state index is 0.113. The van der Waals surface area contributed by atoms with Gasteiger partial charge in [-0.3, -0.25) is 0 Å². The Morgan fingerprint density at radius 2 is 1.96 bits per heavy atom. The molecule has 0 atom stereocenters. The van der Waals surface area contributed by atoms with Gasteiger partial charge in [0.15, 0.2) is 0 Å². The minimum absolute atomic E-state index is 0.113. The monoisotopic (exact) mass is 344 g/mol. The first-order chi connectivity index (χ1) is 11.6. The number of nitrogens with zero attached hydrogens (tertiary/aromatic N) is 1. The Bertz CT molecular complexity index is 730. The first-order valence-electron chi connectivity index (χ1n) is 8.43. The summed E-state index contributed by atoms with van der Waals surface area (Å²) in [5.74, 6) is 0.266. The summed E-state index contributed by atoms with van der Waals surface area (Å²) in [6, 6.07) is 9.40. The van der Waals surface area contributed by atoms with Crippen molar-refractivity contribution in [2.45, 2.75) is 30.1 Å². The van der Waals surface area contributed by atoms with Crippen LogP contribution in [-0.4, -0.2) is 41.3 Å². The van der Waals surface area contributed by atoms with Crippen LogP contribution in [0.3, 0.4) is 0 Å². The minimum Gasteiger partial charge on any atom is -0.508 e. The highest BCUT2D eigenvalue weighted by atomic mass is 32.2. The molecule has 0 saturated carbocycles. The number of phenols is 2. The van der Waals surface area contributed by atoms with Crippen molar-refractivity contribution >= 4 is 17.4 Å². The van der Waals surface area contributed by atoms with Gasteiger partial charge in [0.1, 0.15) is 11.5 Å². The van der Waals surface area contributed by atoms with E-state index in [0.29, 0.717) is 6.42 Å². The summed E-state index contributed by atoms with van der Waals surface area (Å²) in [6.07, 6.45) is 0.716. The maximum absolute atomic E-state index is 10.1. The normalized spacial score (nSPS) is 12.8. The predicted molar refractivity (Wildman–Crippen MR) is 99.4 cm³/mol. The van der Waals surface area contributed by atoms with Crippen LogP contribution in [0.15, 0.2) is 40.1 Å². The summed E-state index contributed by atoms with van der Waals surface area (Å²) in [6.45, 7) is 8.41. The third-order valence-electron chi connectivity index (χ3n) is 4.48. The molecule has 1 aliphatic heterocycles. The average molecular weight is 344 g/mol. The molecule has 0 bridgehead atoms.